The molecular formula is C34H34F7N7OS. The fourth-order valence-electron chi connectivity index (χ4n) is 7.92. The van der Waals surface area contributed by atoms with Crippen LogP contribution in [0.5, 0.6) is 6.01 Å². The third-order valence-electron chi connectivity index (χ3n) is 10.4. The highest BCUT2D eigenvalue weighted by Crippen LogP contribution is 2.48. The predicted octanol–water partition coefficient (Wildman–Crippen LogP) is 7.19. The second-order valence-corrected chi connectivity index (χ2v) is 14.7. The van der Waals surface area contributed by atoms with Gasteiger partial charge in [0.05, 0.1) is 22.4 Å². The number of nitrogens with one attached hydrogen (secondary N) is 1. The van der Waals surface area contributed by atoms with Gasteiger partial charge in [-0.05, 0) is 50.0 Å². The number of rotatable bonds is 7. The first-order valence-corrected chi connectivity index (χ1v) is 17.2. The lowest BCUT2D eigenvalue weighted by molar-refractivity contribution is -0.137. The summed E-state index contributed by atoms with van der Waals surface area (Å²) in [5, 5.41) is 12.7. The van der Waals surface area contributed by atoms with Crippen LogP contribution in [-0.4, -0.2) is 72.7 Å². The average Bonchev–Trinajstić information content (AvgIpc) is 3.60. The molecule has 0 saturated carbocycles. The molecule has 2 aromatic carbocycles. The summed E-state index contributed by atoms with van der Waals surface area (Å²) >= 11 is 0.677. The van der Waals surface area contributed by atoms with Gasteiger partial charge in [-0.25, -0.2) is 17.6 Å². The molecule has 4 atom stereocenters. The van der Waals surface area contributed by atoms with E-state index in [4.69, 9.17) is 10.5 Å². The number of nitriles is 1. The molecule has 3 aliphatic heterocycles. The number of likely N-dealkylation sites (tertiary alicyclic amines) is 1. The van der Waals surface area contributed by atoms with Gasteiger partial charge >= 0.3 is 12.2 Å². The molecule has 3 N–H and O–H groups in total. The van der Waals surface area contributed by atoms with Crippen molar-refractivity contribution in [2.45, 2.75) is 57.8 Å². The quantitative estimate of drug-likeness (QED) is 0.194. The SMILES string of the molecule is CCN1CC[C@H](C(F)F)[C@](C)(COc2nc(N3C[C@H]4CC[C@@H](C3)N4)c3cc(C(F)(F)F)c(-c4ccc(F)c5sc(N)c(C#N)c45)c(F)c3n2)C1. The molecule has 4 aromatic rings. The summed E-state index contributed by atoms with van der Waals surface area (Å²) in [4.78, 5) is 12.6. The van der Waals surface area contributed by atoms with Gasteiger partial charge in [-0.1, -0.05) is 19.9 Å². The van der Waals surface area contributed by atoms with Gasteiger partial charge in [-0.2, -0.15) is 28.4 Å². The zero-order valence-corrected chi connectivity index (χ0v) is 28.0. The average molecular weight is 722 g/mol. The van der Waals surface area contributed by atoms with E-state index in [-0.39, 0.29) is 68.5 Å². The minimum atomic E-state index is -5.10. The number of nitrogens with two attached hydrogens (primary N) is 1. The Labute approximate surface area is 287 Å². The second kappa shape index (κ2) is 12.7. The van der Waals surface area contributed by atoms with Gasteiger partial charge in [0.2, 0.25) is 6.43 Å². The lowest BCUT2D eigenvalue weighted by atomic mass is 9.73. The summed E-state index contributed by atoms with van der Waals surface area (Å²) in [6.45, 7) is 5.57. The molecule has 3 saturated heterocycles. The Kier molecular flexibility index (Phi) is 8.75. The van der Waals surface area contributed by atoms with E-state index in [1.807, 2.05) is 17.9 Å². The van der Waals surface area contributed by atoms with Crippen molar-refractivity contribution in [3.63, 3.8) is 0 Å². The molecule has 2 aromatic heterocycles. The minimum Gasteiger partial charge on any atom is -0.463 e. The number of benzene rings is 2. The molecule has 0 spiro atoms. The lowest BCUT2D eigenvalue weighted by Crippen LogP contribution is -2.52. The Balaban J connectivity index is 1.44. The normalized spacial score (nSPS) is 24.4. The van der Waals surface area contributed by atoms with Crippen LogP contribution in [-0.2, 0) is 6.18 Å². The van der Waals surface area contributed by atoms with Gasteiger partial charge in [0.25, 0.3) is 0 Å². The molecule has 0 unspecified atom stereocenters. The Hall–Kier alpha value is -3.94. The van der Waals surface area contributed by atoms with Crippen LogP contribution in [0.2, 0.25) is 0 Å². The number of nitrogens with zero attached hydrogens (tertiary/aromatic N) is 5. The van der Waals surface area contributed by atoms with Crippen LogP contribution in [0.15, 0.2) is 18.2 Å². The molecule has 0 amide bonds. The van der Waals surface area contributed by atoms with Crippen molar-refractivity contribution < 1.29 is 35.5 Å². The Morgan fingerprint density at radius 3 is 2.52 bits per heavy atom. The van der Waals surface area contributed by atoms with Gasteiger partial charge in [0.15, 0.2) is 5.82 Å². The van der Waals surface area contributed by atoms with Crippen LogP contribution >= 0.6 is 11.3 Å². The number of hydrogen-bond acceptors (Lipinski definition) is 9. The molecule has 2 bridgehead atoms. The van der Waals surface area contributed by atoms with E-state index in [9.17, 15) is 31.6 Å². The second-order valence-electron chi connectivity index (χ2n) is 13.7. The number of piperidine rings is 1. The number of aromatic nitrogens is 2. The molecule has 0 aliphatic carbocycles. The van der Waals surface area contributed by atoms with Crippen LogP contribution in [0.3, 0.4) is 0 Å². The molecule has 3 fully saturated rings. The first-order chi connectivity index (χ1) is 23.7. The highest BCUT2D eigenvalue weighted by Gasteiger charge is 2.45. The Bertz CT molecular complexity index is 2000. The predicted molar refractivity (Wildman–Crippen MR) is 176 cm³/mol. The van der Waals surface area contributed by atoms with E-state index in [1.54, 1.807) is 11.8 Å². The summed E-state index contributed by atoms with van der Waals surface area (Å²) in [6, 6.07) is 4.18. The van der Waals surface area contributed by atoms with Crippen molar-refractivity contribution in [3.8, 4) is 23.2 Å². The van der Waals surface area contributed by atoms with Gasteiger partial charge < -0.3 is 25.6 Å². The zero-order chi connectivity index (χ0) is 35.7. The largest absolute Gasteiger partial charge is 0.463 e. The Morgan fingerprint density at radius 2 is 1.88 bits per heavy atom. The summed E-state index contributed by atoms with van der Waals surface area (Å²) in [7, 11) is 0. The highest BCUT2D eigenvalue weighted by molar-refractivity contribution is 7.23. The number of nitrogen functional groups attached to an aromatic ring is 1. The summed E-state index contributed by atoms with van der Waals surface area (Å²) in [5.74, 6) is -3.18. The van der Waals surface area contributed by atoms with Crippen LogP contribution < -0.4 is 20.7 Å². The minimum absolute atomic E-state index is 0.0236. The van der Waals surface area contributed by atoms with E-state index < -0.39 is 52.2 Å². The molecule has 50 heavy (non-hydrogen) atoms. The molecule has 3 aliphatic rings. The first kappa shape index (κ1) is 34.5. The van der Waals surface area contributed by atoms with Gasteiger partial charge in [-0.15, -0.1) is 11.3 Å². The summed E-state index contributed by atoms with van der Waals surface area (Å²) in [6.07, 6.45) is -5.80. The van der Waals surface area contributed by atoms with Crippen molar-refractivity contribution >= 4 is 43.1 Å². The number of thiophene rings is 1. The van der Waals surface area contributed by atoms with Crippen LogP contribution in [0, 0.1) is 34.3 Å². The standard InChI is InChI=1S/C34H34F7N7OS/c1-3-47-9-8-21(29(37)38)33(2,14-47)15-49-32-45-27-19(31(46-32)48-12-16-4-5-17(13-48)44-16)10-22(34(39,40)41)25(26(27)36)18-6-7-23(35)28-24(18)20(11-42)30(43)50-28/h6-7,10,16-17,21,29,44H,3-5,8-9,12-15,43H2,1-2H3/t16-,17+,21-,33+/m1/s1. The molecule has 5 heterocycles. The molecule has 266 valence electrons. The van der Waals surface area contributed by atoms with Gasteiger partial charge in [0, 0.05) is 59.4 Å². The van der Waals surface area contributed by atoms with Crippen molar-refractivity contribution in [3.05, 3.63) is 41.0 Å². The van der Waals surface area contributed by atoms with E-state index in [0.717, 1.165) is 31.0 Å². The van der Waals surface area contributed by atoms with Crippen LogP contribution in [0.1, 0.15) is 44.2 Å². The van der Waals surface area contributed by atoms with E-state index in [0.29, 0.717) is 44.1 Å². The maximum Gasteiger partial charge on any atom is 0.417 e. The van der Waals surface area contributed by atoms with Crippen LogP contribution in [0.4, 0.5) is 41.6 Å². The van der Waals surface area contributed by atoms with Crippen molar-refractivity contribution in [1.29, 1.82) is 5.26 Å². The molecule has 0 radical (unpaired) electrons. The smallest absolute Gasteiger partial charge is 0.417 e. The fourth-order valence-corrected chi connectivity index (χ4v) is 8.87. The molecule has 7 rings (SSSR count). The summed E-state index contributed by atoms with van der Waals surface area (Å²) < 4.78 is 111. The third kappa shape index (κ3) is 5.86. The fraction of sp³-hybridized carbons (Fsp3) is 0.500. The number of ether oxygens (including phenoxy) is 1. The van der Waals surface area contributed by atoms with E-state index >= 15 is 4.39 Å². The maximum absolute atomic E-state index is 17.1. The first-order valence-electron chi connectivity index (χ1n) is 16.4. The monoisotopic (exact) mass is 721 g/mol. The molecular weight excluding hydrogens is 687 g/mol. The maximum atomic E-state index is 17.1. The van der Waals surface area contributed by atoms with E-state index in [2.05, 4.69) is 15.3 Å². The van der Waals surface area contributed by atoms with Gasteiger partial charge in [0.1, 0.15) is 28.2 Å². The zero-order valence-electron chi connectivity index (χ0n) is 27.2. The number of halogens is 7. The number of anilines is 2. The van der Waals surface area contributed by atoms with E-state index in [1.165, 1.54) is 0 Å². The highest BCUT2D eigenvalue weighted by atomic mass is 32.1. The van der Waals surface area contributed by atoms with Gasteiger partial charge in [-0.3, -0.25) is 0 Å². The van der Waals surface area contributed by atoms with Crippen molar-refractivity contribution in [1.82, 2.24) is 20.2 Å². The molecule has 16 heteroatoms. The van der Waals surface area contributed by atoms with Crippen molar-refractivity contribution in [2.24, 2.45) is 11.3 Å². The van der Waals surface area contributed by atoms with Crippen LogP contribution in [0.25, 0.3) is 32.1 Å². The number of fused-ring (bicyclic) bond motifs is 4. The molecule has 8 nitrogen and oxygen atoms in total. The number of piperazine rings is 1. The third-order valence-corrected chi connectivity index (χ3v) is 11.5. The number of hydrogen-bond donors (Lipinski definition) is 2. The topological polar surface area (TPSA) is 103 Å². The lowest BCUT2D eigenvalue weighted by Gasteiger charge is -2.45. The Morgan fingerprint density at radius 1 is 1.16 bits per heavy atom. The summed E-state index contributed by atoms with van der Waals surface area (Å²) in [5.41, 5.74) is 1.47. The van der Waals surface area contributed by atoms with Crippen molar-refractivity contribution in [2.75, 3.05) is 50.0 Å². The number of alkyl halides is 5.